The Bertz CT molecular complexity index is 7270. The van der Waals surface area contributed by atoms with Crippen molar-refractivity contribution in [3.05, 3.63) is 481 Å². The van der Waals surface area contributed by atoms with Gasteiger partial charge in [-0.2, -0.15) is 0 Å². The molecule has 120 heavy (non-hydrogen) atoms. The molecule has 0 fully saturated rings. The third-order valence-corrected chi connectivity index (χ3v) is 24.7. The van der Waals surface area contributed by atoms with E-state index in [1.165, 1.54) is 82.7 Å². The second-order valence-electron chi connectivity index (χ2n) is 31.4. The number of ether oxygens (including phenoxy) is 2. The molecule has 560 valence electrons. The maximum atomic E-state index is 6.82. The van der Waals surface area contributed by atoms with Crippen LogP contribution in [0.25, 0.3) is 156 Å². The summed E-state index contributed by atoms with van der Waals surface area (Å²) in [4.78, 5) is 20.7. The minimum atomic E-state index is -0.483. The van der Waals surface area contributed by atoms with Crippen LogP contribution in [0, 0.1) is 0 Å². The molecule has 0 saturated heterocycles. The molecule has 0 bridgehead atoms. The van der Waals surface area contributed by atoms with Gasteiger partial charge in [-0.3, -0.25) is 0 Å². The molecule has 0 atom stereocenters. The van der Waals surface area contributed by atoms with E-state index in [1.54, 1.807) is 0 Å². The lowest BCUT2D eigenvalue weighted by Gasteiger charge is -2.39. The minimum Gasteiger partial charge on any atom is -0.457 e. The summed E-state index contributed by atoms with van der Waals surface area (Å²) in [6.45, 7) is 0. The van der Waals surface area contributed by atoms with Crippen molar-refractivity contribution in [2.45, 2.75) is 10.8 Å². The Labute approximate surface area is 696 Å². The molecule has 0 unspecified atom stereocenters. The number of para-hydroxylation sites is 2. The first-order valence-electron chi connectivity index (χ1n) is 40.9. The predicted molar refractivity (Wildman–Crippen MR) is 488 cm³/mol. The van der Waals surface area contributed by atoms with Gasteiger partial charge in [0, 0.05) is 55.6 Å². The van der Waals surface area contributed by atoms with Crippen LogP contribution in [0.5, 0.6) is 23.0 Å². The summed E-state index contributed by atoms with van der Waals surface area (Å²) in [5.41, 5.74) is 32.5. The van der Waals surface area contributed by atoms with Gasteiger partial charge in [0.05, 0.1) is 33.6 Å². The quantitative estimate of drug-likeness (QED) is 0.127. The molecule has 0 amide bonds. The Morgan fingerprint density at radius 3 is 0.942 bits per heavy atom. The van der Waals surface area contributed by atoms with Gasteiger partial charge in [-0.05, 0) is 165 Å². The van der Waals surface area contributed by atoms with Gasteiger partial charge in [-0.1, -0.05) is 382 Å². The van der Waals surface area contributed by atoms with Gasteiger partial charge in [-0.15, -0.1) is 0 Å². The SMILES string of the molecule is c1ccc(-c2cccc(-c3cc(-c4ccc(-c5ccc6c(c5)Oc5ccccc5C65c6ccccc6-c6ccccc65)cc4)nc(-c4cccc(-c5ccccc5)c4)n3)c2)cc1.c1ccc(-c2nc(-c3ccc(-c4ccc5c(c4)Oc4ccccc4C54c5ccccc5-c5ccccc54)cc3)cc(-c3ccc4c(ccc5ccccc54)c3)n2)cc1. The molecule has 2 aromatic heterocycles. The zero-order valence-corrected chi connectivity index (χ0v) is 65.2. The molecule has 4 aliphatic rings. The number of rotatable bonds is 10. The fourth-order valence-electron chi connectivity index (χ4n) is 19.2. The Morgan fingerprint density at radius 1 is 0.158 bits per heavy atom. The second-order valence-corrected chi connectivity index (χ2v) is 31.4. The number of aromatic nitrogens is 4. The molecule has 6 heteroatoms. The third-order valence-electron chi connectivity index (χ3n) is 24.7. The monoisotopic (exact) mass is 1530 g/mol. The zero-order valence-electron chi connectivity index (χ0n) is 65.2. The van der Waals surface area contributed by atoms with E-state index >= 15 is 0 Å². The van der Waals surface area contributed by atoms with Gasteiger partial charge in [0.1, 0.15) is 23.0 Å². The molecule has 0 N–H and O–H groups in total. The first-order valence-corrected chi connectivity index (χ1v) is 40.9. The highest BCUT2D eigenvalue weighted by atomic mass is 16.5. The standard InChI is InChI=1S/C59H38N2O.C55H34N2O/c1-3-15-39(16-4-1)43-19-13-21-46(35-43)55-38-54(60-58(61-55)47-22-14-20-44(36-47)40-17-5-2-6-18-40)42-31-29-41(30-32-42)45-33-34-53-57(37-45)62-56-28-12-11-27-52(56)59(53)50-25-9-7-23-48(50)49-24-8-10-26-51(49)59;1-2-13-38(14-3-1)54-56-50(34-51(57-54)41-28-30-43-40(32-41)27-24-36-12-4-5-15-42(36)43)37-25-22-35(23-26-37)39-29-31-49-53(33-39)58-52-21-11-10-20-48(52)55(49)46-18-8-6-16-44(46)45-17-7-9-19-47(45)55/h1-38H;1-34H. The number of hydrogen-bond donors (Lipinski definition) is 0. The maximum Gasteiger partial charge on any atom is 0.160 e. The molecule has 2 aliphatic heterocycles. The van der Waals surface area contributed by atoms with Gasteiger partial charge in [0.15, 0.2) is 11.6 Å². The van der Waals surface area contributed by atoms with E-state index in [0.29, 0.717) is 11.6 Å². The average molecular weight is 1530 g/mol. The largest absolute Gasteiger partial charge is 0.457 e. The zero-order chi connectivity index (χ0) is 79.2. The van der Waals surface area contributed by atoms with Crippen LogP contribution in [-0.2, 0) is 10.8 Å². The number of fused-ring (bicyclic) bond motifs is 21. The van der Waals surface area contributed by atoms with Crippen molar-refractivity contribution >= 4 is 21.5 Å². The highest BCUT2D eigenvalue weighted by Crippen LogP contribution is 2.64. The van der Waals surface area contributed by atoms with Crippen LogP contribution in [0.2, 0.25) is 0 Å². The smallest absolute Gasteiger partial charge is 0.160 e. The van der Waals surface area contributed by atoms with E-state index < -0.39 is 10.8 Å². The van der Waals surface area contributed by atoms with Crippen LogP contribution < -0.4 is 9.47 Å². The molecule has 18 aromatic carbocycles. The van der Waals surface area contributed by atoms with Crippen LogP contribution in [0.4, 0.5) is 0 Å². The van der Waals surface area contributed by atoms with Gasteiger partial charge >= 0.3 is 0 Å². The van der Waals surface area contributed by atoms with Crippen molar-refractivity contribution in [1.29, 1.82) is 0 Å². The van der Waals surface area contributed by atoms with E-state index in [2.05, 4.69) is 406 Å². The molecular weight excluding hydrogens is 1460 g/mol. The molecule has 4 heterocycles. The van der Waals surface area contributed by atoms with Crippen molar-refractivity contribution in [3.63, 3.8) is 0 Å². The highest BCUT2D eigenvalue weighted by molar-refractivity contribution is 6.08. The van der Waals surface area contributed by atoms with Gasteiger partial charge in [0.25, 0.3) is 0 Å². The highest BCUT2D eigenvalue weighted by Gasteiger charge is 2.53. The second kappa shape index (κ2) is 28.6. The Kier molecular flexibility index (Phi) is 16.6. The molecule has 24 rings (SSSR count). The summed E-state index contributed by atoms with van der Waals surface area (Å²) in [5, 5.41) is 4.92. The van der Waals surface area contributed by atoms with Gasteiger partial charge < -0.3 is 9.47 Å². The fraction of sp³-hybridized carbons (Fsp3) is 0.0175. The van der Waals surface area contributed by atoms with E-state index in [4.69, 9.17) is 29.4 Å². The predicted octanol–water partition coefficient (Wildman–Crippen LogP) is 28.9. The lowest BCUT2D eigenvalue weighted by molar-refractivity contribution is 0.436. The lowest BCUT2D eigenvalue weighted by atomic mass is 9.66. The summed E-state index contributed by atoms with van der Waals surface area (Å²) in [7, 11) is 0. The topological polar surface area (TPSA) is 70.0 Å². The third kappa shape index (κ3) is 11.5. The van der Waals surface area contributed by atoms with E-state index in [0.717, 1.165) is 129 Å². The van der Waals surface area contributed by atoms with Gasteiger partial charge in [-0.25, -0.2) is 19.9 Å². The Morgan fingerprint density at radius 2 is 0.458 bits per heavy atom. The number of hydrogen-bond acceptors (Lipinski definition) is 6. The first kappa shape index (κ1) is 69.7. The van der Waals surface area contributed by atoms with E-state index in [-0.39, 0.29) is 0 Å². The number of nitrogens with zero attached hydrogens (tertiary/aromatic N) is 4. The molecule has 2 spiro atoms. The molecule has 0 radical (unpaired) electrons. The molecule has 0 saturated carbocycles. The Balaban J connectivity index is 0.000000140. The van der Waals surface area contributed by atoms with Crippen LogP contribution >= 0.6 is 0 Å². The van der Waals surface area contributed by atoms with Crippen molar-refractivity contribution in [1.82, 2.24) is 19.9 Å². The van der Waals surface area contributed by atoms with Crippen molar-refractivity contribution in [3.8, 4) is 158 Å². The minimum absolute atomic E-state index is 0.472. The summed E-state index contributed by atoms with van der Waals surface area (Å²) in [5.74, 6) is 4.91. The molecule has 20 aromatic rings. The van der Waals surface area contributed by atoms with Crippen LogP contribution in [-0.4, -0.2) is 19.9 Å². The average Bonchev–Trinajstić information content (AvgIpc) is 1.51. The molecule has 6 nitrogen and oxygen atoms in total. The van der Waals surface area contributed by atoms with Crippen molar-refractivity contribution in [2.24, 2.45) is 0 Å². The molecular formula is C114H72N4O2. The Hall–Kier alpha value is -15.8. The van der Waals surface area contributed by atoms with Crippen LogP contribution in [0.3, 0.4) is 0 Å². The summed E-state index contributed by atoms with van der Waals surface area (Å²) in [6, 6.07) is 156. The first-order chi connectivity index (χ1) is 59.4. The number of benzene rings is 18. The van der Waals surface area contributed by atoms with Crippen molar-refractivity contribution < 1.29 is 9.47 Å². The maximum absolute atomic E-state index is 6.82. The summed E-state index contributed by atoms with van der Waals surface area (Å²) in [6.07, 6.45) is 0. The molecule has 2 aliphatic carbocycles. The summed E-state index contributed by atoms with van der Waals surface area (Å²) < 4.78 is 13.6. The van der Waals surface area contributed by atoms with E-state index in [1.807, 2.05) is 30.3 Å². The van der Waals surface area contributed by atoms with E-state index in [9.17, 15) is 0 Å². The fourth-order valence-corrected chi connectivity index (χ4v) is 19.2. The lowest BCUT2D eigenvalue weighted by Crippen LogP contribution is -2.32. The van der Waals surface area contributed by atoms with Crippen molar-refractivity contribution in [2.75, 3.05) is 0 Å². The van der Waals surface area contributed by atoms with Crippen LogP contribution in [0.1, 0.15) is 44.5 Å². The normalized spacial score (nSPS) is 12.9. The summed E-state index contributed by atoms with van der Waals surface area (Å²) >= 11 is 0. The van der Waals surface area contributed by atoms with Crippen LogP contribution in [0.15, 0.2) is 437 Å². The van der Waals surface area contributed by atoms with Gasteiger partial charge in [0.2, 0.25) is 0 Å².